The van der Waals surface area contributed by atoms with Crippen molar-refractivity contribution in [3.63, 3.8) is 0 Å². The predicted molar refractivity (Wildman–Crippen MR) is 84.0 cm³/mol. The van der Waals surface area contributed by atoms with E-state index in [2.05, 4.69) is 0 Å². The molecule has 0 amide bonds. The van der Waals surface area contributed by atoms with Crippen molar-refractivity contribution in [1.82, 2.24) is 0 Å². The summed E-state index contributed by atoms with van der Waals surface area (Å²) in [6.07, 6.45) is 0.927. The van der Waals surface area contributed by atoms with Crippen LogP contribution in [-0.2, 0) is 28.4 Å². The Balaban J connectivity index is 3.22. The zero-order valence-electron chi connectivity index (χ0n) is 12.7. The lowest BCUT2D eigenvalue weighted by Crippen LogP contribution is -2.40. The van der Waals surface area contributed by atoms with Crippen molar-refractivity contribution in [2.45, 2.75) is 24.9 Å². The minimum absolute atomic E-state index is 0.146. The molecule has 0 saturated heterocycles. The fourth-order valence-electron chi connectivity index (χ4n) is 2.01. The van der Waals surface area contributed by atoms with Gasteiger partial charge in [0.15, 0.2) is 0 Å². The number of carbonyl (C=O) groups is 1. The molecule has 0 aliphatic rings. The van der Waals surface area contributed by atoms with Crippen LogP contribution in [0.1, 0.15) is 25.3 Å². The molecule has 0 aliphatic heterocycles. The fourth-order valence-corrected chi connectivity index (χ4v) is 2.94. The van der Waals surface area contributed by atoms with E-state index in [0.717, 1.165) is 6.26 Å². The Labute approximate surface area is 132 Å². The van der Waals surface area contributed by atoms with Gasteiger partial charge < -0.3 is 4.74 Å². The van der Waals surface area contributed by atoms with Crippen LogP contribution in [0.25, 0.3) is 0 Å². The minimum Gasteiger partial charge on any atom is -0.462 e. The van der Waals surface area contributed by atoms with E-state index in [0.29, 0.717) is 5.56 Å². The van der Waals surface area contributed by atoms with Gasteiger partial charge in [-0.2, -0.15) is 8.42 Å². The van der Waals surface area contributed by atoms with E-state index in [1.54, 1.807) is 37.3 Å². The van der Waals surface area contributed by atoms with Gasteiger partial charge in [0.25, 0.3) is 15.3 Å². The number of rotatable bonds is 8. The van der Waals surface area contributed by atoms with Gasteiger partial charge in [-0.15, -0.1) is 0 Å². The standard InChI is InChI=1S/C14H19O6PS/c1-4-19-13(15)14(2,21-16)12(10-20-22(3,17)18)11-8-6-5-7-9-11/h5-9,12H,4,10H2,1-3H3/p+1. The quantitative estimate of drug-likeness (QED) is 0.407. The molecule has 3 unspecified atom stereocenters. The van der Waals surface area contributed by atoms with E-state index >= 15 is 0 Å². The van der Waals surface area contributed by atoms with Crippen LogP contribution >= 0.6 is 8.46 Å². The first-order valence-electron chi connectivity index (χ1n) is 6.70. The van der Waals surface area contributed by atoms with Gasteiger partial charge in [0.1, 0.15) is 0 Å². The highest BCUT2D eigenvalue weighted by Gasteiger charge is 2.52. The van der Waals surface area contributed by atoms with Gasteiger partial charge in [-0.05, 0) is 19.4 Å². The zero-order chi connectivity index (χ0) is 16.8. The number of carbonyl (C=O) groups excluding carboxylic acids is 1. The van der Waals surface area contributed by atoms with Crippen LogP contribution in [0.15, 0.2) is 30.3 Å². The van der Waals surface area contributed by atoms with Crippen LogP contribution in [0.3, 0.4) is 0 Å². The number of ether oxygens (including phenoxy) is 1. The molecule has 0 aromatic heterocycles. The van der Waals surface area contributed by atoms with Gasteiger partial charge >= 0.3 is 14.4 Å². The molecule has 0 fully saturated rings. The first-order chi connectivity index (χ1) is 10.2. The molecule has 8 heteroatoms. The van der Waals surface area contributed by atoms with Crippen molar-refractivity contribution < 1.29 is 26.7 Å². The van der Waals surface area contributed by atoms with Crippen LogP contribution in [0.4, 0.5) is 0 Å². The van der Waals surface area contributed by atoms with Crippen LogP contribution in [0, 0.1) is 0 Å². The Morgan fingerprint density at radius 2 is 1.91 bits per heavy atom. The molecule has 122 valence electrons. The molecule has 0 radical (unpaired) electrons. The van der Waals surface area contributed by atoms with Crippen molar-refractivity contribution in [2.24, 2.45) is 0 Å². The summed E-state index contributed by atoms with van der Waals surface area (Å²) in [6.45, 7) is 3.00. The summed E-state index contributed by atoms with van der Waals surface area (Å²) in [5, 5.41) is -1.39. The lowest BCUT2D eigenvalue weighted by Gasteiger charge is -2.25. The average Bonchev–Trinajstić information content (AvgIpc) is 2.47. The molecule has 1 rings (SSSR count). The van der Waals surface area contributed by atoms with Crippen molar-refractivity contribution in [3.05, 3.63) is 35.9 Å². The topological polar surface area (TPSA) is 86.7 Å². The van der Waals surface area contributed by atoms with Crippen LogP contribution < -0.4 is 0 Å². The van der Waals surface area contributed by atoms with Crippen molar-refractivity contribution in [3.8, 4) is 0 Å². The molecule has 0 heterocycles. The molecular formula is C14H20O6PS+. The Morgan fingerprint density at radius 3 is 2.36 bits per heavy atom. The second-order valence-corrected chi connectivity index (χ2v) is 7.86. The highest BCUT2D eigenvalue weighted by molar-refractivity contribution is 7.85. The first kappa shape index (κ1) is 18.7. The van der Waals surface area contributed by atoms with Gasteiger partial charge in [-0.3, -0.25) is 4.18 Å². The molecule has 0 spiro atoms. The summed E-state index contributed by atoms with van der Waals surface area (Å²) in [6, 6.07) is 8.76. The molecule has 6 nitrogen and oxygen atoms in total. The molecule has 3 atom stereocenters. The largest absolute Gasteiger partial charge is 0.462 e. The van der Waals surface area contributed by atoms with Gasteiger partial charge in [-0.1, -0.05) is 34.9 Å². The molecular weight excluding hydrogens is 327 g/mol. The molecule has 0 N–H and O–H groups in total. The van der Waals surface area contributed by atoms with Gasteiger partial charge in [-0.25, -0.2) is 4.79 Å². The van der Waals surface area contributed by atoms with Gasteiger partial charge in [0.05, 0.1) is 25.4 Å². The Bertz CT molecular complexity index is 615. The summed E-state index contributed by atoms with van der Waals surface area (Å²) >= 11 is 0. The van der Waals surface area contributed by atoms with E-state index in [1.807, 2.05) is 0 Å². The van der Waals surface area contributed by atoms with E-state index in [4.69, 9.17) is 8.92 Å². The van der Waals surface area contributed by atoms with E-state index in [9.17, 15) is 17.8 Å². The fraction of sp³-hybridized carbons (Fsp3) is 0.500. The second kappa shape index (κ2) is 7.81. The molecule has 1 aromatic carbocycles. The number of benzene rings is 1. The monoisotopic (exact) mass is 347 g/mol. The lowest BCUT2D eigenvalue weighted by atomic mass is 9.87. The number of hydrogen-bond donors (Lipinski definition) is 0. The lowest BCUT2D eigenvalue weighted by molar-refractivity contribution is -0.146. The van der Waals surface area contributed by atoms with Crippen LogP contribution in [0.2, 0.25) is 0 Å². The Morgan fingerprint density at radius 1 is 1.32 bits per heavy atom. The van der Waals surface area contributed by atoms with Crippen molar-refractivity contribution in [2.75, 3.05) is 19.5 Å². The van der Waals surface area contributed by atoms with Crippen molar-refractivity contribution >= 4 is 24.5 Å². The van der Waals surface area contributed by atoms with Gasteiger partial charge in [0.2, 0.25) is 0 Å². The van der Waals surface area contributed by atoms with Gasteiger partial charge in [0, 0.05) is 0 Å². The molecule has 22 heavy (non-hydrogen) atoms. The van der Waals surface area contributed by atoms with Crippen LogP contribution in [-0.4, -0.2) is 39.0 Å². The second-order valence-electron chi connectivity index (χ2n) is 4.98. The summed E-state index contributed by atoms with van der Waals surface area (Å²) in [5.74, 6) is -1.35. The minimum atomic E-state index is -3.68. The maximum Gasteiger partial charge on any atom is 0.361 e. The maximum atomic E-state index is 12.2. The summed E-state index contributed by atoms with van der Waals surface area (Å²) < 4.78 is 44.1. The normalized spacial score (nSPS) is 16.0. The summed E-state index contributed by atoms with van der Waals surface area (Å²) in [7, 11) is -4.69. The smallest absolute Gasteiger partial charge is 0.361 e. The third-order valence-electron chi connectivity index (χ3n) is 3.26. The molecule has 0 aliphatic carbocycles. The first-order valence-corrected chi connectivity index (χ1v) is 9.43. The van der Waals surface area contributed by atoms with E-state index in [1.165, 1.54) is 6.92 Å². The predicted octanol–water partition coefficient (Wildman–Crippen LogP) is 2.09. The van der Waals surface area contributed by atoms with Crippen LogP contribution in [0.5, 0.6) is 0 Å². The maximum absolute atomic E-state index is 12.2. The third-order valence-corrected chi connectivity index (χ3v) is 4.80. The van der Waals surface area contributed by atoms with Crippen molar-refractivity contribution in [1.29, 1.82) is 0 Å². The molecule has 0 bridgehead atoms. The number of esters is 1. The number of hydrogen-bond acceptors (Lipinski definition) is 6. The molecule has 1 aromatic rings. The average molecular weight is 347 g/mol. The van der Waals surface area contributed by atoms with E-state index in [-0.39, 0.29) is 13.2 Å². The highest BCUT2D eigenvalue weighted by Crippen LogP contribution is 2.40. The third kappa shape index (κ3) is 4.87. The highest BCUT2D eigenvalue weighted by atomic mass is 32.2. The Kier molecular flexibility index (Phi) is 6.66. The summed E-state index contributed by atoms with van der Waals surface area (Å²) in [5.41, 5.74) is 0.657. The SMILES string of the molecule is CCOC(=O)C(C)([PH+]=O)C(COS(C)(=O)=O)c1ccccc1. The Hall–Kier alpha value is -1.30. The van der Waals surface area contributed by atoms with E-state index < -0.39 is 35.6 Å². The molecule has 0 saturated carbocycles. The summed E-state index contributed by atoms with van der Waals surface area (Å²) in [4.78, 5) is 12.2. The zero-order valence-corrected chi connectivity index (χ0v) is 14.6.